The molecular formula is C19H18N4O4. The lowest BCUT2D eigenvalue weighted by Gasteiger charge is -2.32. The Balaban J connectivity index is 2.01. The minimum Gasteiger partial charge on any atom is -0.481 e. The second-order valence-corrected chi connectivity index (χ2v) is 5.93. The Bertz CT molecular complexity index is 965. The first kappa shape index (κ1) is 18.2. The van der Waals surface area contributed by atoms with Gasteiger partial charge in [-0.2, -0.15) is 5.10 Å². The lowest BCUT2D eigenvalue weighted by atomic mass is 9.91. The van der Waals surface area contributed by atoms with Crippen LogP contribution in [0.5, 0.6) is 0 Å². The summed E-state index contributed by atoms with van der Waals surface area (Å²) >= 11 is 0. The Morgan fingerprint density at radius 2 is 2.04 bits per heavy atom. The molecule has 3 rings (SSSR count). The number of hydrogen-bond donors (Lipinski definition) is 2. The van der Waals surface area contributed by atoms with E-state index in [-0.39, 0.29) is 24.9 Å². The van der Waals surface area contributed by atoms with E-state index in [1.165, 1.54) is 17.0 Å². The molecule has 0 saturated heterocycles. The molecule has 8 heteroatoms. The summed E-state index contributed by atoms with van der Waals surface area (Å²) in [7, 11) is 0. The molecule has 1 aromatic carbocycles. The van der Waals surface area contributed by atoms with Crippen molar-refractivity contribution in [2.24, 2.45) is 5.11 Å². The molecule has 1 aromatic heterocycles. The van der Waals surface area contributed by atoms with Gasteiger partial charge in [0.1, 0.15) is 0 Å². The highest BCUT2D eigenvalue weighted by Gasteiger charge is 2.40. The van der Waals surface area contributed by atoms with E-state index in [9.17, 15) is 9.59 Å². The van der Waals surface area contributed by atoms with Crippen LogP contribution in [0.3, 0.4) is 0 Å². The highest BCUT2D eigenvalue weighted by atomic mass is 16.5. The minimum absolute atomic E-state index is 0.0527. The molecule has 1 atom stereocenters. The van der Waals surface area contributed by atoms with Crippen molar-refractivity contribution in [3.05, 3.63) is 82.5 Å². The molecule has 2 aromatic rings. The van der Waals surface area contributed by atoms with Crippen LogP contribution in [-0.2, 0) is 21.8 Å². The number of carboxylic acids is 1. The maximum Gasteiger partial charge on any atom is 0.303 e. The number of ether oxygens (including phenoxy) is 1. The third-order valence-electron chi connectivity index (χ3n) is 4.17. The normalized spacial score (nSPS) is 18.4. The van der Waals surface area contributed by atoms with Gasteiger partial charge in [-0.25, -0.2) is 10.2 Å². The molecule has 0 fully saturated rings. The first-order valence-electron chi connectivity index (χ1n) is 8.36. The second-order valence-electron chi connectivity index (χ2n) is 5.93. The van der Waals surface area contributed by atoms with Crippen molar-refractivity contribution in [2.45, 2.75) is 25.1 Å². The van der Waals surface area contributed by atoms with Gasteiger partial charge in [0, 0.05) is 24.6 Å². The second kappa shape index (κ2) is 7.77. The number of nitrogens with zero attached hydrogens (tertiary/aromatic N) is 3. The van der Waals surface area contributed by atoms with Gasteiger partial charge in [0.25, 0.3) is 11.3 Å². The molecule has 27 heavy (non-hydrogen) atoms. The van der Waals surface area contributed by atoms with Crippen LogP contribution in [0.2, 0.25) is 0 Å². The molecule has 1 unspecified atom stereocenters. The SMILES string of the molecule is N=NC1(c2ccccc2)OC=CC=C1c1ccc(=O)n(CCCC(=O)O)n1. The molecule has 8 nitrogen and oxygen atoms in total. The predicted octanol–water partition coefficient (Wildman–Crippen LogP) is 2.92. The van der Waals surface area contributed by atoms with E-state index in [0.717, 1.165) is 0 Å². The van der Waals surface area contributed by atoms with Crippen LogP contribution in [0.4, 0.5) is 0 Å². The van der Waals surface area contributed by atoms with Crippen LogP contribution in [0.15, 0.2) is 70.8 Å². The van der Waals surface area contributed by atoms with Gasteiger partial charge in [0.15, 0.2) is 0 Å². The third-order valence-corrected chi connectivity index (χ3v) is 4.17. The molecule has 2 N–H and O–H groups in total. The summed E-state index contributed by atoms with van der Waals surface area (Å²) in [5.41, 5.74) is 7.65. The monoisotopic (exact) mass is 366 g/mol. The van der Waals surface area contributed by atoms with Crippen molar-refractivity contribution in [2.75, 3.05) is 0 Å². The van der Waals surface area contributed by atoms with Gasteiger partial charge in [-0.1, -0.05) is 30.3 Å². The molecule has 0 spiro atoms. The summed E-state index contributed by atoms with van der Waals surface area (Å²) < 4.78 is 6.96. The highest BCUT2D eigenvalue weighted by Crippen LogP contribution is 2.42. The molecule has 0 saturated carbocycles. The van der Waals surface area contributed by atoms with Crippen LogP contribution in [-0.4, -0.2) is 20.9 Å². The number of carbonyl (C=O) groups is 1. The largest absolute Gasteiger partial charge is 0.481 e. The number of aliphatic carboxylic acids is 1. The minimum atomic E-state index is -1.40. The van der Waals surface area contributed by atoms with Crippen molar-refractivity contribution < 1.29 is 14.6 Å². The van der Waals surface area contributed by atoms with Crippen molar-refractivity contribution >= 4 is 11.5 Å². The van der Waals surface area contributed by atoms with Crippen LogP contribution in [0.1, 0.15) is 24.1 Å². The lowest BCUT2D eigenvalue weighted by Crippen LogP contribution is -2.31. The number of allylic oxidation sites excluding steroid dienone is 2. The summed E-state index contributed by atoms with van der Waals surface area (Å²) in [5.74, 6) is -0.927. The van der Waals surface area contributed by atoms with Crippen molar-refractivity contribution in [3.8, 4) is 0 Å². The number of benzene rings is 1. The summed E-state index contributed by atoms with van der Waals surface area (Å²) in [4.78, 5) is 22.8. The fraction of sp³-hybridized carbons (Fsp3) is 0.211. The van der Waals surface area contributed by atoms with E-state index in [4.69, 9.17) is 15.4 Å². The topological polar surface area (TPSA) is 118 Å². The van der Waals surface area contributed by atoms with Gasteiger partial charge in [-0.05, 0) is 24.6 Å². The van der Waals surface area contributed by atoms with Gasteiger partial charge in [-0.15, -0.1) is 5.11 Å². The van der Waals surface area contributed by atoms with Crippen LogP contribution >= 0.6 is 0 Å². The number of rotatable bonds is 7. The van der Waals surface area contributed by atoms with Gasteiger partial charge in [0.05, 0.1) is 17.5 Å². The van der Waals surface area contributed by atoms with Crippen LogP contribution in [0.25, 0.3) is 5.57 Å². The number of aryl methyl sites for hydroxylation is 1. The average Bonchev–Trinajstić information content (AvgIpc) is 2.70. The maximum atomic E-state index is 12.1. The molecule has 138 valence electrons. The number of nitrogens with one attached hydrogen (secondary N) is 1. The molecule has 0 amide bonds. The molecule has 0 bridgehead atoms. The molecule has 0 radical (unpaired) electrons. The quantitative estimate of drug-likeness (QED) is 0.731. The standard InChI is InChI=1S/C19H18N4O4/c20-22-19(14-6-2-1-3-7-14)15(8-5-13-27-19)16-10-11-17(24)23(21-16)12-4-9-18(25)26/h1-3,5-8,10-11,13,20H,4,9,12H2,(H,25,26). The number of hydrogen-bond acceptors (Lipinski definition) is 6. The molecule has 2 heterocycles. The number of aromatic nitrogens is 2. The Kier molecular flexibility index (Phi) is 5.25. The molecular weight excluding hydrogens is 348 g/mol. The van der Waals surface area contributed by atoms with E-state index < -0.39 is 11.7 Å². The molecule has 0 aliphatic carbocycles. The Hall–Kier alpha value is -3.55. The zero-order valence-electron chi connectivity index (χ0n) is 14.4. The summed E-state index contributed by atoms with van der Waals surface area (Å²) in [5, 5.41) is 16.9. The van der Waals surface area contributed by atoms with Gasteiger partial charge >= 0.3 is 5.97 Å². The van der Waals surface area contributed by atoms with Crippen molar-refractivity contribution in [3.63, 3.8) is 0 Å². The first-order valence-corrected chi connectivity index (χ1v) is 8.36. The smallest absolute Gasteiger partial charge is 0.303 e. The van der Waals surface area contributed by atoms with E-state index in [1.54, 1.807) is 30.4 Å². The molecule has 1 aliphatic rings. The lowest BCUT2D eigenvalue weighted by molar-refractivity contribution is -0.137. The van der Waals surface area contributed by atoms with E-state index in [0.29, 0.717) is 16.8 Å². The predicted molar refractivity (Wildman–Crippen MR) is 96.8 cm³/mol. The Labute approximate surface area is 154 Å². The van der Waals surface area contributed by atoms with Crippen LogP contribution in [0, 0.1) is 5.53 Å². The first-order chi connectivity index (χ1) is 13.1. The highest BCUT2D eigenvalue weighted by molar-refractivity contribution is 5.73. The van der Waals surface area contributed by atoms with E-state index in [2.05, 4.69) is 10.2 Å². The van der Waals surface area contributed by atoms with E-state index in [1.807, 2.05) is 18.2 Å². The molecule has 1 aliphatic heterocycles. The summed E-state index contributed by atoms with van der Waals surface area (Å²) in [6, 6.07) is 12.0. The number of carboxylic acid groups (broad SMARTS) is 1. The van der Waals surface area contributed by atoms with Gasteiger partial charge < -0.3 is 9.84 Å². The fourth-order valence-corrected chi connectivity index (χ4v) is 2.88. The summed E-state index contributed by atoms with van der Waals surface area (Å²) in [6.45, 7) is 0.180. The third kappa shape index (κ3) is 3.69. The van der Waals surface area contributed by atoms with Crippen LogP contribution < -0.4 is 5.56 Å². The average molecular weight is 366 g/mol. The van der Waals surface area contributed by atoms with Crippen molar-refractivity contribution in [1.82, 2.24) is 9.78 Å². The Morgan fingerprint density at radius 1 is 1.26 bits per heavy atom. The van der Waals surface area contributed by atoms with Gasteiger partial charge in [0.2, 0.25) is 0 Å². The Morgan fingerprint density at radius 3 is 2.74 bits per heavy atom. The maximum absolute atomic E-state index is 12.1. The summed E-state index contributed by atoms with van der Waals surface area (Å²) in [6.07, 6.45) is 5.10. The van der Waals surface area contributed by atoms with E-state index >= 15 is 0 Å². The van der Waals surface area contributed by atoms with Crippen molar-refractivity contribution in [1.29, 1.82) is 5.53 Å². The zero-order chi connectivity index (χ0) is 19.3. The van der Waals surface area contributed by atoms with Gasteiger partial charge in [-0.3, -0.25) is 9.59 Å². The zero-order valence-corrected chi connectivity index (χ0v) is 14.4. The fourth-order valence-electron chi connectivity index (χ4n) is 2.88.